The molecule has 0 aromatic carbocycles. The summed E-state index contributed by atoms with van der Waals surface area (Å²) >= 11 is 0. The summed E-state index contributed by atoms with van der Waals surface area (Å²) in [6.07, 6.45) is 2.98. The van der Waals surface area contributed by atoms with Gasteiger partial charge in [-0.3, -0.25) is 4.90 Å². The maximum atomic E-state index is 11.5. The molecule has 0 aromatic heterocycles. The van der Waals surface area contributed by atoms with Crippen LogP contribution in [0.5, 0.6) is 0 Å². The van der Waals surface area contributed by atoms with Crippen molar-refractivity contribution in [1.29, 1.82) is 0 Å². The van der Waals surface area contributed by atoms with Crippen LogP contribution < -0.4 is 5.32 Å². The van der Waals surface area contributed by atoms with Gasteiger partial charge in [0.2, 0.25) is 0 Å². The number of piperazine rings is 1. The molecule has 1 saturated heterocycles. The molecular formula is C14H30N2O2S. The van der Waals surface area contributed by atoms with E-state index in [1.54, 1.807) is 6.92 Å². The van der Waals surface area contributed by atoms with Crippen LogP contribution >= 0.6 is 0 Å². The second kappa shape index (κ2) is 7.04. The predicted octanol–water partition coefficient (Wildman–Crippen LogP) is 1.66. The van der Waals surface area contributed by atoms with Crippen LogP contribution in [0.15, 0.2) is 0 Å². The summed E-state index contributed by atoms with van der Waals surface area (Å²) in [4.78, 5) is 2.48. The van der Waals surface area contributed by atoms with Crippen molar-refractivity contribution in [3.63, 3.8) is 0 Å². The van der Waals surface area contributed by atoms with Gasteiger partial charge in [-0.05, 0) is 32.7 Å². The molecule has 2 atom stereocenters. The summed E-state index contributed by atoms with van der Waals surface area (Å²) in [6.45, 7) is 11.3. The minimum absolute atomic E-state index is 0.176. The van der Waals surface area contributed by atoms with E-state index >= 15 is 0 Å². The fourth-order valence-corrected chi connectivity index (χ4v) is 3.52. The molecule has 5 heteroatoms. The lowest BCUT2D eigenvalue weighted by atomic mass is 9.92. The summed E-state index contributed by atoms with van der Waals surface area (Å²) in [7, 11) is -2.82. The summed E-state index contributed by atoms with van der Waals surface area (Å²) in [5, 5.41) is 3.63. The van der Waals surface area contributed by atoms with Gasteiger partial charge in [0.1, 0.15) is 9.84 Å². The zero-order valence-corrected chi connectivity index (χ0v) is 13.7. The minimum atomic E-state index is -2.82. The fourth-order valence-electron chi connectivity index (χ4n) is 2.66. The van der Waals surface area contributed by atoms with Crippen molar-refractivity contribution >= 4 is 9.84 Å². The first kappa shape index (κ1) is 16.9. The van der Waals surface area contributed by atoms with Gasteiger partial charge < -0.3 is 5.32 Å². The average Bonchev–Trinajstić information content (AvgIpc) is 2.39. The van der Waals surface area contributed by atoms with E-state index in [2.05, 4.69) is 31.0 Å². The molecule has 1 aliphatic rings. The van der Waals surface area contributed by atoms with Crippen molar-refractivity contribution in [1.82, 2.24) is 10.2 Å². The third-order valence-electron chi connectivity index (χ3n) is 4.43. The monoisotopic (exact) mass is 290 g/mol. The van der Waals surface area contributed by atoms with Gasteiger partial charge in [-0.25, -0.2) is 8.42 Å². The largest absolute Gasteiger partial charge is 0.309 e. The number of hydrogen-bond donors (Lipinski definition) is 1. The highest BCUT2D eigenvalue weighted by atomic mass is 32.2. The van der Waals surface area contributed by atoms with Crippen LogP contribution in [0.25, 0.3) is 0 Å². The second-order valence-electron chi connectivity index (χ2n) is 5.92. The molecule has 0 bridgehead atoms. The molecule has 0 amide bonds. The molecule has 1 fully saturated rings. The van der Waals surface area contributed by atoms with Crippen LogP contribution in [0, 0.1) is 0 Å². The lowest BCUT2D eigenvalue weighted by molar-refractivity contribution is 0.0824. The van der Waals surface area contributed by atoms with Gasteiger partial charge in [0, 0.05) is 30.4 Å². The molecule has 1 N–H and O–H groups in total. The maximum Gasteiger partial charge on any atom is 0.150 e. The van der Waals surface area contributed by atoms with E-state index in [4.69, 9.17) is 0 Å². The van der Waals surface area contributed by atoms with Crippen molar-refractivity contribution in [2.45, 2.75) is 58.5 Å². The molecule has 1 aliphatic heterocycles. The van der Waals surface area contributed by atoms with Crippen LogP contribution in [0.1, 0.15) is 47.0 Å². The maximum absolute atomic E-state index is 11.5. The number of hydrogen-bond acceptors (Lipinski definition) is 4. The third kappa shape index (κ3) is 5.04. The van der Waals surface area contributed by atoms with Gasteiger partial charge in [-0.1, -0.05) is 20.8 Å². The Morgan fingerprint density at radius 2 is 2.00 bits per heavy atom. The van der Waals surface area contributed by atoms with Crippen molar-refractivity contribution < 1.29 is 8.42 Å². The fraction of sp³-hybridized carbons (Fsp3) is 1.00. The molecule has 2 unspecified atom stereocenters. The Bertz CT molecular complexity index is 370. The Balaban J connectivity index is 2.52. The molecule has 19 heavy (non-hydrogen) atoms. The molecule has 0 aromatic rings. The Morgan fingerprint density at radius 3 is 2.53 bits per heavy atom. The minimum Gasteiger partial charge on any atom is -0.309 e. The number of sulfone groups is 1. The van der Waals surface area contributed by atoms with Crippen molar-refractivity contribution in [2.24, 2.45) is 0 Å². The summed E-state index contributed by atoms with van der Waals surface area (Å²) in [6, 6.07) is 0.545. The van der Waals surface area contributed by atoms with Crippen LogP contribution in [0.2, 0.25) is 0 Å². The van der Waals surface area contributed by atoms with E-state index in [0.29, 0.717) is 11.8 Å². The first-order valence-corrected chi connectivity index (χ1v) is 9.37. The smallest absolute Gasteiger partial charge is 0.150 e. The zero-order chi connectivity index (χ0) is 14.5. The van der Waals surface area contributed by atoms with Crippen LogP contribution in [-0.4, -0.2) is 56.0 Å². The molecule has 1 heterocycles. The molecule has 114 valence electrons. The van der Waals surface area contributed by atoms with Crippen molar-refractivity contribution in [3.8, 4) is 0 Å². The number of rotatable bonds is 7. The third-order valence-corrected chi connectivity index (χ3v) is 6.22. The van der Waals surface area contributed by atoms with Gasteiger partial charge in [0.05, 0.1) is 5.75 Å². The Labute approximate surface area is 118 Å². The van der Waals surface area contributed by atoms with E-state index in [9.17, 15) is 8.42 Å². The van der Waals surface area contributed by atoms with E-state index in [-0.39, 0.29) is 11.3 Å². The highest BCUT2D eigenvalue weighted by Gasteiger charge is 2.33. The molecule has 1 rings (SSSR count). The first-order valence-electron chi connectivity index (χ1n) is 7.55. The molecule has 0 saturated carbocycles. The van der Waals surface area contributed by atoms with Crippen molar-refractivity contribution in [3.05, 3.63) is 0 Å². The Hall–Kier alpha value is -0.130. The quantitative estimate of drug-likeness (QED) is 0.775. The molecule has 4 nitrogen and oxygen atoms in total. The summed E-state index contributed by atoms with van der Waals surface area (Å²) in [5.74, 6) is 0.588. The molecule has 0 radical (unpaired) electrons. The first-order chi connectivity index (χ1) is 8.86. The lowest BCUT2D eigenvalue weighted by Gasteiger charge is -2.46. The van der Waals surface area contributed by atoms with Crippen LogP contribution in [0.4, 0.5) is 0 Å². The average molecular weight is 290 g/mol. The lowest BCUT2D eigenvalue weighted by Crippen LogP contribution is -2.62. The van der Waals surface area contributed by atoms with E-state index in [0.717, 1.165) is 38.9 Å². The normalized spacial score (nSPS) is 29.6. The summed E-state index contributed by atoms with van der Waals surface area (Å²) in [5.41, 5.74) is 0.176. The van der Waals surface area contributed by atoms with Gasteiger partial charge >= 0.3 is 0 Å². The highest BCUT2D eigenvalue weighted by Crippen LogP contribution is 2.20. The van der Waals surface area contributed by atoms with Gasteiger partial charge in [-0.15, -0.1) is 0 Å². The van der Waals surface area contributed by atoms with Gasteiger partial charge in [-0.2, -0.15) is 0 Å². The second-order valence-corrected chi connectivity index (χ2v) is 8.39. The molecule has 0 aliphatic carbocycles. The molecular weight excluding hydrogens is 260 g/mol. The van der Waals surface area contributed by atoms with Gasteiger partial charge in [0.15, 0.2) is 0 Å². The number of nitrogens with zero attached hydrogens (tertiary/aromatic N) is 1. The Kier molecular flexibility index (Phi) is 6.27. The predicted molar refractivity (Wildman–Crippen MR) is 81.3 cm³/mol. The molecule has 0 spiro atoms. The van der Waals surface area contributed by atoms with Crippen LogP contribution in [0.3, 0.4) is 0 Å². The van der Waals surface area contributed by atoms with E-state index < -0.39 is 9.84 Å². The van der Waals surface area contributed by atoms with Gasteiger partial charge in [0.25, 0.3) is 0 Å². The van der Waals surface area contributed by atoms with Crippen molar-refractivity contribution in [2.75, 3.05) is 31.1 Å². The van der Waals surface area contributed by atoms with Crippen LogP contribution in [-0.2, 0) is 9.84 Å². The zero-order valence-electron chi connectivity index (χ0n) is 12.9. The standard InChI is InChI=1S/C14H30N2O2S/c1-5-13-11-15-14(4,6-2)12-16(13)9-8-10-19(17,18)7-3/h13,15H,5-12H2,1-4H3. The van der Waals surface area contributed by atoms with E-state index in [1.807, 2.05) is 0 Å². The topological polar surface area (TPSA) is 49.4 Å². The Morgan fingerprint density at radius 1 is 1.32 bits per heavy atom. The summed E-state index contributed by atoms with van der Waals surface area (Å²) < 4.78 is 23.1. The SMILES string of the molecule is CCC1CNC(C)(CC)CN1CCCS(=O)(=O)CC. The number of nitrogens with one attached hydrogen (secondary N) is 1. The highest BCUT2D eigenvalue weighted by molar-refractivity contribution is 7.91. The van der Waals surface area contributed by atoms with E-state index in [1.165, 1.54) is 0 Å².